The lowest BCUT2D eigenvalue weighted by atomic mass is 9.82. The highest BCUT2D eigenvalue weighted by Gasteiger charge is 2.57. The van der Waals surface area contributed by atoms with Gasteiger partial charge in [0.05, 0.1) is 22.2 Å². The number of phenols is 1. The number of imide groups is 1. The monoisotopic (exact) mass is 627 g/mol. The highest BCUT2D eigenvalue weighted by molar-refractivity contribution is 8.00. The van der Waals surface area contributed by atoms with Gasteiger partial charge in [-0.3, -0.25) is 19.2 Å². The van der Waals surface area contributed by atoms with Gasteiger partial charge in [-0.2, -0.15) is 13.2 Å². The van der Waals surface area contributed by atoms with E-state index in [2.05, 4.69) is 10.3 Å². The van der Waals surface area contributed by atoms with E-state index in [0.717, 1.165) is 46.2 Å². The molecule has 3 heterocycles. The quantitative estimate of drug-likeness (QED) is 0.203. The zero-order valence-electron chi connectivity index (χ0n) is 21.8. The molecule has 1 saturated heterocycles. The number of alkyl halides is 3. The molecule has 0 saturated carbocycles. The maximum Gasteiger partial charge on any atom is 0.416 e. The molecular formula is C29H20F3N3O6S2. The molecular weight excluding hydrogens is 607 g/mol. The Morgan fingerprint density at radius 1 is 1.00 bits per heavy atom. The van der Waals surface area contributed by atoms with Crippen LogP contribution in [0.2, 0.25) is 0 Å². The van der Waals surface area contributed by atoms with E-state index in [4.69, 9.17) is 4.74 Å². The van der Waals surface area contributed by atoms with Crippen LogP contribution in [0.4, 0.5) is 24.5 Å². The van der Waals surface area contributed by atoms with Crippen LogP contribution in [0.5, 0.6) is 11.5 Å². The number of carbonyl (C=O) groups is 3. The maximum absolute atomic E-state index is 13.9. The summed E-state index contributed by atoms with van der Waals surface area (Å²) in [6.45, 7) is -0.424. The lowest BCUT2D eigenvalue weighted by Crippen LogP contribution is -2.32. The molecule has 14 heteroatoms. The van der Waals surface area contributed by atoms with Gasteiger partial charge in [0.25, 0.3) is 5.91 Å². The summed E-state index contributed by atoms with van der Waals surface area (Å²) in [5, 5.41) is 11.4. The number of rotatable bonds is 6. The van der Waals surface area contributed by atoms with Crippen LogP contribution >= 0.6 is 23.1 Å². The molecule has 0 bridgehead atoms. The summed E-state index contributed by atoms with van der Waals surface area (Å²) in [5.41, 5.74) is -0.347. The van der Waals surface area contributed by atoms with E-state index in [9.17, 15) is 37.5 Å². The molecule has 0 aliphatic carbocycles. The Balaban J connectivity index is 1.34. The van der Waals surface area contributed by atoms with Crippen molar-refractivity contribution >= 4 is 52.2 Å². The fourth-order valence-corrected chi connectivity index (χ4v) is 7.69. The highest BCUT2D eigenvalue weighted by Crippen LogP contribution is 2.54. The van der Waals surface area contributed by atoms with E-state index in [1.165, 1.54) is 30.3 Å². The fraction of sp³-hybridized carbons (Fsp3) is 0.172. The Morgan fingerprint density at radius 3 is 2.49 bits per heavy atom. The molecule has 220 valence electrons. The molecule has 1 aromatic heterocycles. The number of carbonyl (C=O) groups excluding carboxylic acids is 3. The van der Waals surface area contributed by atoms with Crippen molar-refractivity contribution in [2.45, 2.75) is 22.4 Å². The molecule has 1 fully saturated rings. The van der Waals surface area contributed by atoms with Gasteiger partial charge in [-0.05, 0) is 48.5 Å². The van der Waals surface area contributed by atoms with Crippen LogP contribution < -0.4 is 19.8 Å². The third-order valence-electron chi connectivity index (χ3n) is 7.02. The molecule has 3 amide bonds. The zero-order valence-corrected chi connectivity index (χ0v) is 23.4. The van der Waals surface area contributed by atoms with Crippen molar-refractivity contribution in [2.24, 2.45) is 5.92 Å². The number of thioether (sulfide) groups is 1. The lowest BCUT2D eigenvalue weighted by molar-refractivity contribution is -0.137. The van der Waals surface area contributed by atoms with Gasteiger partial charge in [-0.25, -0.2) is 4.90 Å². The van der Waals surface area contributed by atoms with Crippen molar-refractivity contribution < 1.29 is 37.4 Å². The van der Waals surface area contributed by atoms with Crippen LogP contribution in [0.1, 0.15) is 21.9 Å². The summed E-state index contributed by atoms with van der Waals surface area (Å²) in [7, 11) is 0. The average Bonchev–Trinajstić information content (AvgIpc) is 3.47. The number of para-hydroxylation sites is 1. The van der Waals surface area contributed by atoms with Gasteiger partial charge < -0.3 is 20.1 Å². The summed E-state index contributed by atoms with van der Waals surface area (Å²) in [6, 6.07) is 16.4. The van der Waals surface area contributed by atoms with Crippen LogP contribution in [0.25, 0.3) is 0 Å². The molecule has 2 aliphatic rings. The summed E-state index contributed by atoms with van der Waals surface area (Å²) < 4.78 is 46.2. The predicted octanol–water partition coefficient (Wildman–Crippen LogP) is 4.97. The summed E-state index contributed by atoms with van der Waals surface area (Å²) in [5.74, 6) is -3.59. The standard InChI is InChI=1S/C29H20F3N3O6S2/c30-29(31,32)14-4-3-5-16(12-14)35-26(38)22-21(23-25(34-28(40)43-23)42-24(22)27(35)39)18-6-1-2-7-19(18)41-13-20(37)33-15-8-10-17(36)11-9-15/h1-12,21-22,24,36H,13H2,(H,33,37)(H,34,40)/t21-,22?,24?/m1/s1. The molecule has 2 unspecified atom stereocenters. The van der Waals surface area contributed by atoms with Gasteiger partial charge in [0.2, 0.25) is 11.8 Å². The molecule has 3 aromatic carbocycles. The fourth-order valence-electron chi connectivity index (χ4n) is 5.18. The smallest absolute Gasteiger partial charge is 0.416 e. The number of nitrogens with one attached hydrogen (secondary N) is 2. The van der Waals surface area contributed by atoms with E-state index < -0.39 is 58.0 Å². The minimum Gasteiger partial charge on any atom is -0.508 e. The first-order valence-corrected chi connectivity index (χ1v) is 14.5. The molecule has 3 atom stereocenters. The number of phenolic OH excluding ortho intramolecular Hbond substituents is 1. The second-order valence-electron chi connectivity index (χ2n) is 9.73. The summed E-state index contributed by atoms with van der Waals surface area (Å²) >= 11 is 1.86. The number of hydrogen-bond donors (Lipinski definition) is 3. The molecule has 0 spiro atoms. The van der Waals surface area contributed by atoms with Crippen LogP contribution in [0.15, 0.2) is 82.6 Å². The first-order valence-electron chi connectivity index (χ1n) is 12.8. The number of hydrogen-bond acceptors (Lipinski definition) is 8. The number of H-pyrrole nitrogens is 1. The molecule has 2 aliphatic heterocycles. The lowest BCUT2D eigenvalue weighted by Gasteiger charge is -2.30. The number of aromatic hydroxyl groups is 1. The van der Waals surface area contributed by atoms with Crippen molar-refractivity contribution in [2.75, 3.05) is 16.8 Å². The number of ether oxygens (including phenoxy) is 1. The number of benzene rings is 3. The van der Waals surface area contributed by atoms with Gasteiger partial charge in [-0.1, -0.05) is 47.4 Å². The van der Waals surface area contributed by atoms with E-state index in [1.807, 2.05) is 0 Å². The molecule has 43 heavy (non-hydrogen) atoms. The predicted molar refractivity (Wildman–Crippen MR) is 153 cm³/mol. The molecule has 0 radical (unpaired) electrons. The van der Waals surface area contributed by atoms with Crippen molar-refractivity contribution in [3.05, 3.63) is 98.5 Å². The average molecular weight is 628 g/mol. The van der Waals surface area contributed by atoms with Crippen molar-refractivity contribution in [1.82, 2.24) is 4.98 Å². The first kappa shape index (κ1) is 28.6. The van der Waals surface area contributed by atoms with Crippen molar-refractivity contribution in [1.29, 1.82) is 0 Å². The molecule has 3 N–H and O–H groups in total. The minimum atomic E-state index is -4.68. The maximum atomic E-state index is 13.9. The van der Waals surface area contributed by atoms with E-state index in [1.54, 1.807) is 24.3 Å². The Bertz CT molecular complexity index is 1800. The normalized spacial score (nSPS) is 19.6. The number of fused-ring (bicyclic) bond motifs is 2. The Kier molecular flexibility index (Phi) is 7.26. The SMILES string of the molecule is O=C(COc1ccccc1[C@H]1c2sc(=O)[nH]c2SC2C(=O)N(c3cccc(C(F)(F)F)c3)C(=O)C21)Nc1ccc(O)cc1. The Labute approximate surface area is 249 Å². The number of aromatic amines is 1. The summed E-state index contributed by atoms with van der Waals surface area (Å²) in [4.78, 5) is 56.1. The van der Waals surface area contributed by atoms with Crippen LogP contribution in [0, 0.1) is 5.92 Å². The Morgan fingerprint density at radius 2 is 1.74 bits per heavy atom. The van der Waals surface area contributed by atoms with Crippen molar-refractivity contribution in [3.63, 3.8) is 0 Å². The summed E-state index contributed by atoms with van der Waals surface area (Å²) in [6.07, 6.45) is -4.68. The number of halogens is 3. The third-order valence-corrected chi connectivity index (χ3v) is 9.42. The topological polar surface area (TPSA) is 129 Å². The number of amides is 3. The van der Waals surface area contributed by atoms with Gasteiger partial charge in [-0.15, -0.1) is 0 Å². The minimum absolute atomic E-state index is 0.0325. The number of thiazole rings is 1. The molecule has 9 nitrogen and oxygen atoms in total. The zero-order chi connectivity index (χ0) is 30.5. The number of aromatic nitrogens is 1. The van der Waals surface area contributed by atoms with Gasteiger partial charge in [0, 0.05) is 22.0 Å². The van der Waals surface area contributed by atoms with Crippen molar-refractivity contribution in [3.8, 4) is 11.5 Å². The van der Waals surface area contributed by atoms with E-state index in [0.29, 0.717) is 21.2 Å². The number of nitrogens with zero attached hydrogens (tertiary/aromatic N) is 1. The van der Waals surface area contributed by atoms with Gasteiger partial charge in [0.1, 0.15) is 16.7 Å². The van der Waals surface area contributed by atoms with Crippen LogP contribution in [0.3, 0.4) is 0 Å². The highest BCUT2D eigenvalue weighted by atomic mass is 32.2. The van der Waals surface area contributed by atoms with Gasteiger partial charge >= 0.3 is 11.0 Å². The molecule has 6 rings (SSSR count). The number of anilines is 2. The largest absolute Gasteiger partial charge is 0.508 e. The first-order chi connectivity index (χ1) is 20.5. The van der Waals surface area contributed by atoms with Crippen LogP contribution in [-0.2, 0) is 20.6 Å². The van der Waals surface area contributed by atoms with E-state index >= 15 is 0 Å². The Hall–Kier alpha value is -4.56. The molecule has 4 aromatic rings. The third kappa shape index (κ3) is 5.39. The van der Waals surface area contributed by atoms with Gasteiger partial charge in [0.15, 0.2) is 6.61 Å². The van der Waals surface area contributed by atoms with Crippen LogP contribution in [-0.4, -0.2) is 39.7 Å². The van der Waals surface area contributed by atoms with E-state index in [-0.39, 0.29) is 17.2 Å². The second-order valence-corrected chi connectivity index (χ2v) is 11.9. The second kappa shape index (κ2) is 10.9.